The minimum Gasteiger partial charge on any atom is -0.497 e. The standard InChI is InChI=1S/C13H11BrO2S/c1-8-6-11(14)13(17-8)12(15)9-4-3-5-10(7-9)16-2/h3-7H,1-2H3. The van der Waals surface area contributed by atoms with E-state index in [1.54, 1.807) is 19.2 Å². The Morgan fingerprint density at radius 3 is 2.71 bits per heavy atom. The third-order valence-corrected chi connectivity index (χ3v) is 4.29. The Labute approximate surface area is 112 Å². The van der Waals surface area contributed by atoms with Gasteiger partial charge in [-0.2, -0.15) is 0 Å². The second-order valence-corrected chi connectivity index (χ2v) is 5.71. The van der Waals surface area contributed by atoms with Gasteiger partial charge in [0.05, 0.1) is 12.0 Å². The van der Waals surface area contributed by atoms with Crippen LogP contribution in [0.2, 0.25) is 0 Å². The molecule has 17 heavy (non-hydrogen) atoms. The molecule has 0 atom stereocenters. The van der Waals surface area contributed by atoms with Gasteiger partial charge in [-0.1, -0.05) is 12.1 Å². The van der Waals surface area contributed by atoms with E-state index in [4.69, 9.17) is 4.74 Å². The van der Waals surface area contributed by atoms with Crippen molar-refractivity contribution in [2.45, 2.75) is 6.92 Å². The highest BCUT2D eigenvalue weighted by Gasteiger charge is 2.15. The minimum atomic E-state index is 0.0221. The van der Waals surface area contributed by atoms with Gasteiger partial charge in [0.25, 0.3) is 0 Å². The fourth-order valence-corrected chi connectivity index (χ4v) is 3.32. The summed E-state index contributed by atoms with van der Waals surface area (Å²) in [5, 5.41) is 0. The maximum atomic E-state index is 12.3. The fraction of sp³-hybridized carbons (Fsp3) is 0.154. The molecule has 0 unspecified atom stereocenters. The second kappa shape index (κ2) is 5.02. The Kier molecular flexibility index (Phi) is 3.64. The van der Waals surface area contributed by atoms with Crippen molar-refractivity contribution in [1.29, 1.82) is 0 Å². The maximum Gasteiger partial charge on any atom is 0.204 e. The van der Waals surface area contributed by atoms with E-state index in [2.05, 4.69) is 15.9 Å². The molecular weight excluding hydrogens is 300 g/mol. The Bertz CT molecular complexity index is 560. The molecule has 0 aliphatic rings. The highest BCUT2D eigenvalue weighted by atomic mass is 79.9. The largest absolute Gasteiger partial charge is 0.497 e. The molecule has 1 aromatic carbocycles. The summed E-state index contributed by atoms with van der Waals surface area (Å²) in [5.41, 5.74) is 0.645. The summed E-state index contributed by atoms with van der Waals surface area (Å²) < 4.78 is 5.97. The smallest absolute Gasteiger partial charge is 0.204 e. The van der Waals surface area contributed by atoms with E-state index in [-0.39, 0.29) is 5.78 Å². The quantitative estimate of drug-likeness (QED) is 0.799. The Hall–Kier alpha value is -1.13. The molecule has 2 rings (SSSR count). The summed E-state index contributed by atoms with van der Waals surface area (Å²) in [4.78, 5) is 14.1. The van der Waals surface area contributed by atoms with Crippen molar-refractivity contribution in [2.75, 3.05) is 7.11 Å². The van der Waals surface area contributed by atoms with Crippen molar-refractivity contribution in [2.24, 2.45) is 0 Å². The number of carbonyl (C=O) groups excluding carboxylic acids is 1. The lowest BCUT2D eigenvalue weighted by Gasteiger charge is -2.02. The van der Waals surface area contributed by atoms with Crippen LogP contribution in [0.25, 0.3) is 0 Å². The number of rotatable bonds is 3. The highest BCUT2D eigenvalue weighted by molar-refractivity contribution is 9.10. The van der Waals surface area contributed by atoms with Crippen LogP contribution in [0.15, 0.2) is 34.8 Å². The normalized spacial score (nSPS) is 10.3. The third kappa shape index (κ3) is 2.58. The van der Waals surface area contributed by atoms with Gasteiger partial charge in [-0.25, -0.2) is 0 Å². The lowest BCUT2D eigenvalue weighted by Crippen LogP contribution is -1.99. The van der Waals surface area contributed by atoms with Crippen molar-refractivity contribution >= 4 is 33.0 Å². The molecule has 0 amide bonds. The number of hydrogen-bond donors (Lipinski definition) is 0. The number of ether oxygens (including phenoxy) is 1. The first kappa shape index (κ1) is 12.3. The van der Waals surface area contributed by atoms with Gasteiger partial charge in [-0.05, 0) is 41.1 Å². The summed E-state index contributed by atoms with van der Waals surface area (Å²) in [7, 11) is 1.59. The van der Waals surface area contributed by atoms with Gasteiger partial charge >= 0.3 is 0 Å². The van der Waals surface area contributed by atoms with Crippen LogP contribution in [-0.4, -0.2) is 12.9 Å². The summed E-state index contributed by atoms with van der Waals surface area (Å²) in [6, 6.07) is 9.15. The first-order valence-corrected chi connectivity index (χ1v) is 6.67. The molecule has 2 nitrogen and oxygen atoms in total. The third-order valence-electron chi connectivity index (χ3n) is 2.35. The predicted molar refractivity (Wildman–Crippen MR) is 73.2 cm³/mol. The fourth-order valence-electron chi connectivity index (χ4n) is 1.53. The molecule has 0 fully saturated rings. The van der Waals surface area contributed by atoms with Crippen molar-refractivity contribution in [3.8, 4) is 5.75 Å². The molecule has 1 heterocycles. The minimum absolute atomic E-state index is 0.0221. The van der Waals surface area contributed by atoms with Crippen LogP contribution in [0.4, 0.5) is 0 Å². The molecule has 0 bridgehead atoms. The van der Waals surface area contributed by atoms with Crippen LogP contribution >= 0.6 is 27.3 Å². The zero-order valence-electron chi connectivity index (χ0n) is 9.49. The number of ketones is 1. The SMILES string of the molecule is COc1cccc(C(=O)c2sc(C)cc2Br)c1. The van der Waals surface area contributed by atoms with Crippen LogP contribution in [0, 0.1) is 6.92 Å². The summed E-state index contributed by atoms with van der Waals surface area (Å²) in [6.45, 7) is 1.98. The first-order valence-electron chi connectivity index (χ1n) is 5.06. The van der Waals surface area contributed by atoms with Crippen LogP contribution in [-0.2, 0) is 0 Å². The number of hydrogen-bond acceptors (Lipinski definition) is 3. The second-order valence-electron chi connectivity index (χ2n) is 3.60. The lowest BCUT2D eigenvalue weighted by molar-refractivity contribution is 0.104. The van der Waals surface area contributed by atoms with E-state index < -0.39 is 0 Å². The number of thiophene rings is 1. The van der Waals surface area contributed by atoms with Gasteiger partial charge in [-0.15, -0.1) is 11.3 Å². The average molecular weight is 311 g/mol. The molecule has 0 aliphatic heterocycles. The van der Waals surface area contributed by atoms with Crippen molar-refractivity contribution in [3.05, 3.63) is 50.1 Å². The summed E-state index contributed by atoms with van der Waals surface area (Å²) in [6.07, 6.45) is 0. The molecule has 0 spiro atoms. The van der Waals surface area contributed by atoms with Crippen LogP contribution in [0.5, 0.6) is 5.75 Å². The topological polar surface area (TPSA) is 26.3 Å². The average Bonchev–Trinajstić information content (AvgIpc) is 2.67. The Morgan fingerprint density at radius 2 is 2.12 bits per heavy atom. The first-order chi connectivity index (χ1) is 8.11. The highest BCUT2D eigenvalue weighted by Crippen LogP contribution is 2.29. The maximum absolute atomic E-state index is 12.3. The van der Waals surface area contributed by atoms with Gasteiger partial charge in [0.1, 0.15) is 5.75 Å². The van der Waals surface area contributed by atoms with Gasteiger partial charge < -0.3 is 4.74 Å². The van der Waals surface area contributed by atoms with Crippen LogP contribution < -0.4 is 4.74 Å². The van der Waals surface area contributed by atoms with Gasteiger partial charge in [0.15, 0.2) is 0 Å². The number of methoxy groups -OCH3 is 1. The summed E-state index contributed by atoms with van der Waals surface area (Å²) >= 11 is 4.90. The number of carbonyl (C=O) groups is 1. The molecule has 4 heteroatoms. The van der Waals surface area contributed by atoms with Crippen LogP contribution in [0.1, 0.15) is 20.1 Å². The van der Waals surface area contributed by atoms with E-state index >= 15 is 0 Å². The zero-order valence-corrected chi connectivity index (χ0v) is 11.9. The van der Waals surface area contributed by atoms with Gasteiger partial charge in [0, 0.05) is 14.9 Å². The number of aryl methyl sites for hydroxylation is 1. The molecule has 0 saturated carbocycles. The molecule has 1 aromatic heterocycles. The molecule has 0 N–H and O–H groups in total. The molecule has 88 valence electrons. The Balaban J connectivity index is 2.40. The van der Waals surface area contributed by atoms with E-state index in [0.29, 0.717) is 11.3 Å². The van der Waals surface area contributed by atoms with E-state index in [1.807, 2.05) is 25.1 Å². The van der Waals surface area contributed by atoms with Crippen molar-refractivity contribution in [3.63, 3.8) is 0 Å². The molecular formula is C13H11BrO2S. The van der Waals surface area contributed by atoms with Crippen molar-refractivity contribution < 1.29 is 9.53 Å². The van der Waals surface area contributed by atoms with Crippen molar-refractivity contribution in [1.82, 2.24) is 0 Å². The van der Waals surface area contributed by atoms with E-state index in [0.717, 1.165) is 14.2 Å². The number of benzene rings is 1. The lowest BCUT2D eigenvalue weighted by atomic mass is 10.1. The number of halogens is 1. The summed E-state index contributed by atoms with van der Waals surface area (Å²) in [5.74, 6) is 0.717. The molecule has 0 aliphatic carbocycles. The van der Waals surface area contributed by atoms with Crippen LogP contribution in [0.3, 0.4) is 0 Å². The van der Waals surface area contributed by atoms with Gasteiger partial charge in [-0.3, -0.25) is 4.79 Å². The monoisotopic (exact) mass is 310 g/mol. The Morgan fingerprint density at radius 1 is 1.35 bits per heavy atom. The molecule has 0 radical (unpaired) electrons. The zero-order chi connectivity index (χ0) is 12.4. The predicted octanol–water partition coefficient (Wildman–Crippen LogP) is 4.06. The molecule has 2 aromatic rings. The van der Waals surface area contributed by atoms with Gasteiger partial charge in [0.2, 0.25) is 5.78 Å². The van der Waals surface area contributed by atoms with E-state index in [9.17, 15) is 4.79 Å². The van der Waals surface area contributed by atoms with E-state index in [1.165, 1.54) is 11.3 Å². The molecule has 0 saturated heterocycles.